The predicted molar refractivity (Wildman–Crippen MR) is 108 cm³/mol. The molecule has 1 aliphatic heterocycles. The van der Waals surface area contributed by atoms with Gasteiger partial charge in [-0.2, -0.15) is 0 Å². The molecule has 0 aliphatic carbocycles. The largest absolute Gasteiger partial charge is 0.376 e. The van der Waals surface area contributed by atoms with Gasteiger partial charge in [0.15, 0.2) is 5.78 Å². The third-order valence-electron chi connectivity index (χ3n) is 4.99. The van der Waals surface area contributed by atoms with Crippen molar-refractivity contribution in [2.45, 2.75) is 52.2 Å². The Hall–Kier alpha value is -1.98. The van der Waals surface area contributed by atoms with Crippen LogP contribution < -0.4 is 0 Å². The molecule has 0 radical (unpaired) electrons. The molecule has 0 bridgehead atoms. The molecule has 0 N–H and O–H groups in total. The molecule has 5 heteroatoms. The second-order valence-corrected chi connectivity index (χ2v) is 8.26. The van der Waals surface area contributed by atoms with Crippen LogP contribution in [0.25, 0.3) is 0 Å². The lowest BCUT2D eigenvalue weighted by molar-refractivity contribution is -0.133. The van der Waals surface area contributed by atoms with E-state index in [0.717, 1.165) is 41.0 Å². The van der Waals surface area contributed by atoms with E-state index in [9.17, 15) is 9.59 Å². The van der Waals surface area contributed by atoms with Gasteiger partial charge >= 0.3 is 0 Å². The molecule has 2 heterocycles. The molecule has 2 aromatic rings. The maximum atomic E-state index is 12.9. The van der Waals surface area contributed by atoms with Crippen molar-refractivity contribution in [1.29, 1.82) is 0 Å². The molecule has 1 saturated heterocycles. The number of hydrogen-bond donors (Lipinski definition) is 0. The van der Waals surface area contributed by atoms with E-state index in [-0.39, 0.29) is 30.6 Å². The predicted octanol–water partition coefficient (Wildman–Crippen LogP) is 4.54. The number of hydrogen-bond acceptors (Lipinski definition) is 4. The number of aryl methyl sites for hydroxylation is 2. The Bertz CT molecular complexity index is 779. The van der Waals surface area contributed by atoms with Crippen LogP contribution in [0.3, 0.4) is 0 Å². The van der Waals surface area contributed by atoms with Crippen LogP contribution in [0.1, 0.15) is 52.0 Å². The Morgan fingerprint density at radius 3 is 2.78 bits per heavy atom. The quantitative estimate of drug-likeness (QED) is 0.627. The maximum Gasteiger partial charge on any atom is 0.223 e. The van der Waals surface area contributed by atoms with Crippen LogP contribution in [0.5, 0.6) is 0 Å². The fourth-order valence-corrected chi connectivity index (χ4v) is 4.15. The van der Waals surface area contributed by atoms with Gasteiger partial charge in [0.25, 0.3) is 0 Å². The lowest BCUT2D eigenvalue weighted by atomic mass is 9.99. The van der Waals surface area contributed by atoms with Crippen LogP contribution in [0.4, 0.5) is 0 Å². The molecule has 1 atom stereocenters. The summed E-state index contributed by atoms with van der Waals surface area (Å²) in [5.41, 5.74) is 2.76. The minimum absolute atomic E-state index is 0.0255. The van der Waals surface area contributed by atoms with Crippen LogP contribution in [0, 0.1) is 13.8 Å². The minimum Gasteiger partial charge on any atom is -0.376 e. The van der Waals surface area contributed by atoms with Crippen molar-refractivity contribution in [3.8, 4) is 0 Å². The summed E-state index contributed by atoms with van der Waals surface area (Å²) in [5, 5.41) is 2.02. The Morgan fingerprint density at radius 1 is 1.22 bits per heavy atom. The molecular formula is C22H27NO3S. The molecular weight excluding hydrogens is 358 g/mol. The van der Waals surface area contributed by atoms with E-state index in [0.29, 0.717) is 13.1 Å². The van der Waals surface area contributed by atoms with Crippen molar-refractivity contribution in [2.75, 3.05) is 13.2 Å². The van der Waals surface area contributed by atoms with Gasteiger partial charge in [0, 0.05) is 36.4 Å². The maximum absolute atomic E-state index is 12.9. The van der Waals surface area contributed by atoms with E-state index < -0.39 is 0 Å². The third kappa shape index (κ3) is 5.50. The fraction of sp³-hybridized carbons (Fsp3) is 0.455. The van der Waals surface area contributed by atoms with E-state index in [1.807, 2.05) is 54.5 Å². The highest BCUT2D eigenvalue weighted by Gasteiger charge is 2.23. The average molecular weight is 386 g/mol. The summed E-state index contributed by atoms with van der Waals surface area (Å²) in [4.78, 5) is 28.5. The molecule has 1 aliphatic rings. The van der Waals surface area contributed by atoms with E-state index in [1.54, 1.807) is 11.3 Å². The number of amides is 1. The number of thiophene rings is 1. The topological polar surface area (TPSA) is 46.6 Å². The number of carbonyl (C=O) groups excluding carboxylic acids is 2. The van der Waals surface area contributed by atoms with Crippen LogP contribution in [0.2, 0.25) is 0 Å². The summed E-state index contributed by atoms with van der Waals surface area (Å²) in [6, 6.07) is 9.92. The van der Waals surface area contributed by atoms with Gasteiger partial charge in [0.1, 0.15) is 0 Å². The highest BCUT2D eigenvalue weighted by atomic mass is 32.1. The zero-order valence-electron chi connectivity index (χ0n) is 16.1. The first-order valence-electron chi connectivity index (χ1n) is 9.55. The van der Waals surface area contributed by atoms with Crippen molar-refractivity contribution in [2.24, 2.45) is 0 Å². The molecule has 144 valence electrons. The molecule has 1 unspecified atom stereocenters. The number of benzene rings is 1. The average Bonchev–Trinajstić information content (AvgIpc) is 3.35. The fourth-order valence-electron chi connectivity index (χ4n) is 3.43. The van der Waals surface area contributed by atoms with E-state index in [2.05, 4.69) is 0 Å². The number of ether oxygens (including phenoxy) is 1. The number of ketones is 1. The number of carbonyl (C=O) groups is 2. The van der Waals surface area contributed by atoms with Crippen LogP contribution in [-0.4, -0.2) is 35.8 Å². The second kappa shape index (κ2) is 9.29. The van der Waals surface area contributed by atoms with E-state index in [1.165, 1.54) is 0 Å². The third-order valence-corrected chi connectivity index (χ3v) is 5.85. The van der Waals surface area contributed by atoms with Gasteiger partial charge in [-0.05, 0) is 49.8 Å². The highest BCUT2D eigenvalue weighted by Crippen LogP contribution is 2.19. The van der Waals surface area contributed by atoms with Crippen molar-refractivity contribution in [3.05, 3.63) is 57.3 Å². The molecule has 27 heavy (non-hydrogen) atoms. The first kappa shape index (κ1) is 19.8. The zero-order chi connectivity index (χ0) is 19.2. The van der Waals surface area contributed by atoms with Crippen LogP contribution in [0.15, 0.2) is 35.7 Å². The van der Waals surface area contributed by atoms with Gasteiger partial charge in [-0.15, -0.1) is 11.3 Å². The molecule has 3 rings (SSSR count). The summed E-state index contributed by atoms with van der Waals surface area (Å²) >= 11 is 1.65. The molecule has 4 nitrogen and oxygen atoms in total. The summed E-state index contributed by atoms with van der Waals surface area (Å²) in [5.74, 6) is 0.0651. The van der Waals surface area contributed by atoms with Gasteiger partial charge in [-0.25, -0.2) is 0 Å². The van der Waals surface area contributed by atoms with Crippen molar-refractivity contribution in [3.63, 3.8) is 0 Å². The number of rotatable bonds is 8. The zero-order valence-corrected chi connectivity index (χ0v) is 16.9. The Labute approximate surface area is 165 Å². The van der Waals surface area contributed by atoms with Crippen molar-refractivity contribution in [1.82, 2.24) is 4.90 Å². The van der Waals surface area contributed by atoms with Crippen molar-refractivity contribution >= 4 is 23.0 Å². The van der Waals surface area contributed by atoms with Gasteiger partial charge in [-0.3, -0.25) is 9.59 Å². The molecule has 1 fully saturated rings. The first-order chi connectivity index (χ1) is 13.0. The Morgan fingerprint density at radius 2 is 2.07 bits per heavy atom. The van der Waals surface area contributed by atoms with E-state index >= 15 is 0 Å². The normalized spacial score (nSPS) is 16.4. The molecule has 1 aromatic heterocycles. The summed E-state index contributed by atoms with van der Waals surface area (Å²) in [7, 11) is 0. The minimum atomic E-state index is 0.0255. The van der Waals surface area contributed by atoms with Gasteiger partial charge < -0.3 is 9.64 Å². The van der Waals surface area contributed by atoms with Gasteiger partial charge in [0.05, 0.1) is 12.6 Å². The van der Waals surface area contributed by atoms with Gasteiger partial charge in [0.2, 0.25) is 5.91 Å². The lowest BCUT2D eigenvalue weighted by Crippen LogP contribution is -2.36. The number of Topliss-reactive ketones (excluding diaryl/α,β-unsaturated/α-hetero) is 1. The van der Waals surface area contributed by atoms with Gasteiger partial charge in [-0.1, -0.05) is 23.8 Å². The first-order valence-corrected chi connectivity index (χ1v) is 10.4. The van der Waals surface area contributed by atoms with Crippen molar-refractivity contribution < 1.29 is 14.3 Å². The number of nitrogens with zero attached hydrogens (tertiary/aromatic N) is 1. The summed E-state index contributed by atoms with van der Waals surface area (Å²) < 4.78 is 5.72. The summed E-state index contributed by atoms with van der Waals surface area (Å²) in [6.45, 7) is 5.89. The Kier molecular flexibility index (Phi) is 6.80. The lowest BCUT2D eigenvalue weighted by Gasteiger charge is -2.25. The molecule has 1 amide bonds. The summed E-state index contributed by atoms with van der Waals surface area (Å²) in [6.07, 6.45) is 2.65. The molecule has 1 aromatic carbocycles. The van der Waals surface area contributed by atoms with Crippen LogP contribution >= 0.6 is 11.3 Å². The smallest absolute Gasteiger partial charge is 0.223 e. The van der Waals surface area contributed by atoms with E-state index in [4.69, 9.17) is 4.74 Å². The standard InChI is InChI=1S/C22H27NO3S/c1-16-7-8-17(2)20(13-16)21(24)9-10-22(25)23(14-18-5-3-11-26-18)15-19-6-4-12-27-19/h4,6-8,12-13,18H,3,5,9-11,14-15H2,1-2H3. The molecule has 0 saturated carbocycles. The molecule has 0 spiro atoms. The SMILES string of the molecule is Cc1ccc(C)c(C(=O)CCC(=O)N(Cc2cccs2)CC2CCCO2)c1. The monoisotopic (exact) mass is 385 g/mol. The Balaban J connectivity index is 1.62. The highest BCUT2D eigenvalue weighted by molar-refractivity contribution is 7.09. The second-order valence-electron chi connectivity index (χ2n) is 7.23. The van der Waals surface area contributed by atoms with Crippen LogP contribution in [-0.2, 0) is 16.1 Å².